The van der Waals surface area contributed by atoms with E-state index in [9.17, 15) is 4.79 Å². The van der Waals surface area contributed by atoms with Gasteiger partial charge in [0, 0.05) is 29.8 Å². The standard InChI is InChI=1S/C22H20Cl2N2O3/c1-3-29-22(27)17-10-25-20-15(14-6-5-9-18(23)19(14)24)7-4-8-16(20)21(17)26(2)13-11-28-12-13/h4-10,13H,3,11-12H2,1-2H3. The van der Waals surface area contributed by atoms with Gasteiger partial charge in [0.1, 0.15) is 5.56 Å². The Labute approximate surface area is 179 Å². The number of nitrogens with zero attached hydrogens (tertiary/aromatic N) is 2. The smallest absolute Gasteiger partial charge is 0.341 e. The number of esters is 1. The molecule has 2 aromatic carbocycles. The van der Waals surface area contributed by atoms with Crippen LogP contribution in [-0.4, -0.2) is 43.9 Å². The molecular formula is C22H20Cl2N2O3. The fraction of sp³-hybridized carbons (Fsp3) is 0.273. The highest BCUT2D eigenvalue weighted by Crippen LogP contribution is 2.40. The van der Waals surface area contributed by atoms with Gasteiger partial charge in [-0.1, -0.05) is 53.5 Å². The van der Waals surface area contributed by atoms with Gasteiger partial charge in [-0.15, -0.1) is 0 Å². The number of carbonyl (C=O) groups is 1. The molecule has 4 rings (SSSR count). The zero-order chi connectivity index (χ0) is 20.5. The number of likely N-dealkylation sites (N-methyl/N-ethyl adjacent to an activating group) is 1. The molecule has 0 saturated carbocycles. The number of ether oxygens (including phenoxy) is 2. The summed E-state index contributed by atoms with van der Waals surface area (Å²) in [6.07, 6.45) is 1.58. The van der Waals surface area contributed by atoms with Gasteiger partial charge in [-0.2, -0.15) is 0 Å². The van der Waals surface area contributed by atoms with Crippen LogP contribution in [0.1, 0.15) is 17.3 Å². The predicted molar refractivity (Wildman–Crippen MR) is 116 cm³/mol. The van der Waals surface area contributed by atoms with Gasteiger partial charge < -0.3 is 14.4 Å². The maximum atomic E-state index is 12.6. The van der Waals surface area contributed by atoms with Crippen LogP contribution >= 0.6 is 23.2 Å². The first-order valence-corrected chi connectivity index (χ1v) is 10.1. The van der Waals surface area contributed by atoms with E-state index >= 15 is 0 Å². The largest absolute Gasteiger partial charge is 0.462 e. The molecule has 0 spiro atoms. The van der Waals surface area contributed by atoms with Crippen molar-refractivity contribution >= 4 is 45.8 Å². The Morgan fingerprint density at radius 2 is 1.93 bits per heavy atom. The first-order valence-electron chi connectivity index (χ1n) is 9.36. The molecule has 5 nitrogen and oxygen atoms in total. The van der Waals surface area contributed by atoms with Crippen LogP contribution in [0.2, 0.25) is 10.0 Å². The van der Waals surface area contributed by atoms with E-state index in [0.717, 1.165) is 27.7 Å². The van der Waals surface area contributed by atoms with Gasteiger partial charge >= 0.3 is 5.97 Å². The van der Waals surface area contributed by atoms with Gasteiger partial charge in [0.2, 0.25) is 0 Å². The van der Waals surface area contributed by atoms with E-state index in [1.165, 1.54) is 0 Å². The Bertz CT molecular complexity index is 1080. The third kappa shape index (κ3) is 3.54. The summed E-state index contributed by atoms with van der Waals surface area (Å²) in [5.74, 6) is -0.393. The molecular weight excluding hydrogens is 411 g/mol. The Hall–Kier alpha value is -2.34. The average molecular weight is 431 g/mol. The van der Waals surface area contributed by atoms with Gasteiger partial charge in [-0.05, 0) is 13.0 Å². The molecule has 0 radical (unpaired) electrons. The maximum Gasteiger partial charge on any atom is 0.341 e. The molecule has 0 aliphatic carbocycles. The molecule has 1 saturated heterocycles. The van der Waals surface area contributed by atoms with Crippen molar-refractivity contribution in [3.8, 4) is 11.1 Å². The van der Waals surface area contributed by atoms with E-state index in [-0.39, 0.29) is 6.04 Å². The van der Waals surface area contributed by atoms with E-state index < -0.39 is 5.97 Å². The van der Waals surface area contributed by atoms with Crippen LogP contribution in [-0.2, 0) is 9.47 Å². The summed E-state index contributed by atoms with van der Waals surface area (Å²) in [4.78, 5) is 19.3. The van der Waals surface area contributed by atoms with E-state index in [1.807, 2.05) is 37.4 Å². The average Bonchev–Trinajstić information content (AvgIpc) is 2.67. The van der Waals surface area contributed by atoms with Crippen molar-refractivity contribution in [3.63, 3.8) is 0 Å². The molecule has 7 heteroatoms. The molecule has 0 unspecified atom stereocenters. The number of benzene rings is 2. The third-order valence-electron chi connectivity index (χ3n) is 5.13. The monoisotopic (exact) mass is 430 g/mol. The molecule has 29 heavy (non-hydrogen) atoms. The lowest BCUT2D eigenvalue weighted by Gasteiger charge is -2.37. The Balaban J connectivity index is 1.96. The highest BCUT2D eigenvalue weighted by atomic mass is 35.5. The Morgan fingerprint density at radius 3 is 2.62 bits per heavy atom. The molecule has 3 aromatic rings. The lowest BCUT2D eigenvalue weighted by atomic mass is 9.98. The lowest BCUT2D eigenvalue weighted by Crippen LogP contribution is -2.47. The second-order valence-electron chi connectivity index (χ2n) is 6.85. The molecule has 0 amide bonds. The quantitative estimate of drug-likeness (QED) is 0.519. The summed E-state index contributed by atoms with van der Waals surface area (Å²) in [6, 6.07) is 11.5. The molecule has 150 valence electrons. The minimum Gasteiger partial charge on any atom is -0.462 e. The van der Waals surface area contributed by atoms with Crippen molar-refractivity contribution in [1.82, 2.24) is 4.98 Å². The number of aromatic nitrogens is 1. The van der Waals surface area contributed by atoms with Gasteiger partial charge in [0.25, 0.3) is 0 Å². The fourth-order valence-corrected chi connectivity index (χ4v) is 3.91. The highest BCUT2D eigenvalue weighted by molar-refractivity contribution is 6.44. The first kappa shape index (κ1) is 20.0. The van der Waals surface area contributed by atoms with Crippen LogP contribution in [0.25, 0.3) is 22.0 Å². The summed E-state index contributed by atoms with van der Waals surface area (Å²) in [7, 11) is 1.96. The van der Waals surface area contributed by atoms with Crippen LogP contribution in [0, 0.1) is 0 Å². The molecule has 2 heterocycles. The van der Waals surface area contributed by atoms with Crippen molar-refractivity contribution in [1.29, 1.82) is 0 Å². The van der Waals surface area contributed by atoms with Crippen molar-refractivity contribution in [3.05, 3.63) is 58.2 Å². The van der Waals surface area contributed by atoms with Crippen molar-refractivity contribution in [2.75, 3.05) is 31.8 Å². The zero-order valence-corrected chi connectivity index (χ0v) is 17.6. The first-order chi connectivity index (χ1) is 14.0. The molecule has 1 aliphatic rings. The number of halogens is 2. The third-order valence-corrected chi connectivity index (χ3v) is 5.95. The number of rotatable bonds is 5. The zero-order valence-electron chi connectivity index (χ0n) is 16.1. The summed E-state index contributed by atoms with van der Waals surface area (Å²) in [6.45, 7) is 3.31. The number of para-hydroxylation sites is 1. The van der Waals surface area contributed by atoms with Crippen molar-refractivity contribution < 1.29 is 14.3 Å². The Morgan fingerprint density at radius 1 is 1.21 bits per heavy atom. The summed E-state index contributed by atoms with van der Waals surface area (Å²) in [5.41, 5.74) is 3.60. The molecule has 1 aromatic heterocycles. The molecule has 1 aliphatic heterocycles. The van der Waals surface area contributed by atoms with Crippen molar-refractivity contribution in [2.24, 2.45) is 0 Å². The van der Waals surface area contributed by atoms with Gasteiger partial charge in [-0.3, -0.25) is 4.98 Å². The van der Waals surface area contributed by atoms with Crippen LogP contribution in [0.4, 0.5) is 5.69 Å². The number of hydrogen-bond donors (Lipinski definition) is 0. The number of fused-ring (bicyclic) bond motifs is 1. The van der Waals surface area contributed by atoms with Gasteiger partial charge in [0.05, 0.1) is 47.1 Å². The van der Waals surface area contributed by atoms with Gasteiger partial charge in [-0.25, -0.2) is 4.79 Å². The minimum atomic E-state index is -0.393. The van der Waals surface area contributed by atoms with Crippen LogP contribution < -0.4 is 4.90 Å². The summed E-state index contributed by atoms with van der Waals surface area (Å²) < 4.78 is 10.6. The van der Waals surface area contributed by atoms with E-state index in [4.69, 9.17) is 32.7 Å². The highest BCUT2D eigenvalue weighted by Gasteiger charge is 2.29. The van der Waals surface area contributed by atoms with E-state index in [0.29, 0.717) is 35.4 Å². The minimum absolute atomic E-state index is 0.187. The topological polar surface area (TPSA) is 51.7 Å². The van der Waals surface area contributed by atoms with E-state index in [1.54, 1.807) is 19.2 Å². The van der Waals surface area contributed by atoms with Crippen LogP contribution in [0.15, 0.2) is 42.6 Å². The molecule has 1 fully saturated rings. The fourth-order valence-electron chi connectivity index (χ4n) is 3.51. The van der Waals surface area contributed by atoms with Crippen LogP contribution in [0.3, 0.4) is 0 Å². The molecule has 0 N–H and O–H groups in total. The van der Waals surface area contributed by atoms with Gasteiger partial charge in [0.15, 0.2) is 0 Å². The SMILES string of the molecule is CCOC(=O)c1cnc2c(-c3cccc(Cl)c3Cl)cccc2c1N(C)C1COC1. The number of pyridine rings is 1. The molecule has 0 atom stereocenters. The van der Waals surface area contributed by atoms with Crippen LogP contribution in [0.5, 0.6) is 0 Å². The summed E-state index contributed by atoms with van der Waals surface area (Å²) >= 11 is 12.7. The molecule has 0 bridgehead atoms. The second-order valence-corrected chi connectivity index (χ2v) is 7.63. The van der Waals surface area contributed by atoms with E-state index in [2.05, 4.69) is 9.88 Å². The second kappa shape index (κ2) is 8.19. The number of hydrogen-bond acceptors (Lipinski definition) is 5. The lowest BCUT2D eigenvalue weighted by molar-refractivity contribution is 0.0101. The Kier molecular flexibility index (Phi) is 5.63. The van der Waals surface area contributed by atoms with Crippen molar-refractivity contribution in [2.45, 2.75) is 13.0 Å². The number of anilines is 1. The summed E-state index contributed by atoms with van der Waals surface area (Å²) in [5, 5.41) is 1.80. The normalized spacial score (nSPS) is 13.9. The maximum absolute atomic E-state index is 12.6. The number of carbonyl (C=O) groups excluding carboxylic acids is 1. The predicted octanol–water partition coefficient (Wildman–Crippen LogP) is 5.22.